The number of thiazole rings is 1. The Hall–Kier alpha value is -2.00. The van der Waals surface area contributed by atoms with Gasteiger partial charge in [-0.05, 0) is 19.8 Å². The molecule has 0 bridgehead atoms. The highest BCUT2D eigenvalue weighted by atomic mass is 32.1. The van der Waals surface area contributed by atoms with Crippen LogP contribution in [0.2, 0.25) is 0 Å². The zero-order valence-corrected chi connectivity index (χ0v) is 16.5. The summed E-state index contributed by atoms with van der Waals surface area (Å²) in [5.74, 6) is 2.61. The third-order valence-electron chi connectivity index (χ3n) is 4.16. The molecule has 142 valence electrons. The van der Waals surface area contributed by atoms with Crippen molar-refractivity contribution in [2.45, 2.75) is 58.8 Å². The van der Waals surface area contributed by atoms with E-state index >= 15 is 0 Å². The summed E-state index contributed by atoms with van der Waals surface area (Å²) in [4.78, 5) is 13.8. The molecule has 0 amide bonds. The van der Waals surface area contributed by atoms with E-state index in [1.807, 2.05) is 4.68 Å². The Balaban J connectivity index is 1.61. The number of aromatic nitrogens is 4. The second-order valence-electron chi connectivity index (χ2n) is 6.22. The Kier molecular flexibility index (Phi) is 6.56. The number of ether oxygens (including phenoxy) is 1. The van der Waals surface area contributed by atoms with Gasteiger partial charge >= 0.3 is 0 Å². The van der Waals surface area contributed by atoms with Crippen LogP contribution in [0.25, 0.3) is 0 Å². The third-order valence-corrected chi connectivity index (χ3v) is 5.20. The minimum absolute atomic E-state index is 0.277. The van der Waals surface area contributed by atoms with Gasteiger partial charge in [0.2, 0.25) is 0 Å². The summed E-state index contributed by atoms with van der Waals surface area (Å²) in [5.41, 5.74) is 1.02. The van der Waals surface area contributed by atoms with Crippen molar-refractivity contribution < 1.29 is 4.74 Å². The van der Waals surface area contributed by atoms with Gasteiger partial charge in [0, 0.05) is 31.5 Å². The quantitative estimate of drug-likeness (QED) is 0.562. The van der Waals surface area contributed by atoms with Gasteiger partial charge < -0.3 is 15.4 Å². The van der Waals surface area contributed by atoms with E-state index in [9.17, 15) is 0 Å². The normalized spacial score (nSPS) is 17.2. The number of methoxy groups -OCH3 is 1. The fourth-order valence-corrected chi connectivity index (χ4v) is 3.66. The van der Waals surface area contributed by atoms with E-state index in [0.29, 0.717) is 13.2 Å². The highest BCUT2D eigenvalue weighted by Crippen LogP contribution is 2.14. The first-order valence-electron chi connectivity index (χ1n) is 9.11. The van der Waals surface area contributed by atoms with Crippen molar-refractivity contribution in [1.29, 1.82) is 0 Å². The Morgan fingerprint density at radius 3 is 3.04 bits per heavy atom. The maximum absolute atomic E-state index is 5.12. The molecule has 26 heavy (non-hydrogen) atoms. The largest absolute Gasteiger partial charge is 0.377 e. The molecule has 3 heterocycles. The molecule has 1 atom stereocenters. The van der Waals surface area contributed by atoms with Gasteiger partial charge in [0.25, 0.3) is 0 Å². The van der Waals surface area contributed by atoms with Crippen LogP contribution >= 0.6 is 11.3 Å². The molecular weight excluding hydrogens is 350 g/mol. The van der Waals surface area contributed by atoms with Crippen molar-refractivity contribution in [3.05, 3.63) is 27.7 Å². The topological polar surface area (TPSA) is 89.2 Å². The minimum Gasteiger partial charge on any atom is -0.377 e. The van der Waals surface area contributed by atoms with E-state index in [4.69, 9.17) is 4.74 Å². The number of guanidine groups is 1. The van der Waals surface area contributed by atoms with Crippen molar-refractivity contribution in [2.24, 2.45) is 4.99 Å². The molecule has 0 fully saturated rings. The lowest BCUT2D eigenvalue weighted by Crippen LogP contribution is -2.47. The zero-order valence-electron chi connectivity index (χ0n) is 15.7. The summed E-state index contributed by atoms with van der Waals surface area (Å²) < 4.78 is 7.10. The number of aryl methyl sites for hydroxylation is 2. The molecule has 2 N–H and O–H groups in total. The van der Waals surface area contributed by atoms with Crippen molar-refractivity contribution in [2.75, 3.05) is 13.7 Å². The van der Waals surface area contributed by atoms with E-state index < -0.39 is 0 Å². The molecule has 2 aromatic rings. The molecule has 0 aliphatic carbocycles. The molecule has 1 unspecified atom stereocenters. The van der Waals surface area contributed by atoms with Crippen LogP contribution in [0.3, 0.4) is 0 Å². The van der Waals surface area contributed by atoms with E-state index in [2.05, 4.69) is 49.9 Å². The molecule has 0 aromatic carbocycles. The monoisotopic (exact) mass is 377 g/mol. The fourth-order valence-electron chi connectivity index (χ4n) is 2.93. The number of aliphatic imine (C=N–C) groups is 1. The summed E-state index contributed by atoms with van der Waals surface area (Å²) in [6.45, 7) is 6.84. The maximum Gasteiger partial charge on any atom is 0.191 e. The molecule has 0 saturated heterocycles. The van der Waals surface area contributed by atoms with Crippen molar-refractivity contribution in [3.8, 4) is 0 Å². The molecule has 8 nitrogen and oxygen atoms in total. The number of hydrogen-bond donors (Lipinski definition) is 2. The van der Waals surface area contributed by atoms with Gasteiger partial charge in [-0.2, -0.15) is 5.10 Å². The number of nitrogens with one attached hydrogen (secondary N) is 2. The number of rotatable bonds is 7. The Labute approximate surface area is 158 Å². The van der Waals surface area contributed by atoms with Crippen LogP contribution in [-0.2, 0) is 37.3 Å². The van der Waals surface area contributed by atoms with E-state index in [1.165, 1.54) is 0 Å². The van der Waals surface area contributed by atoms with Crippen LogP contribution in [0.15, 0.2) is 10.4 Å². The molecular formula is C17H27N7OS. The predicted molar refractivity (Wildman–Crippen MR) is 102 cm³/mol. The van der Waals surface area contributed by atoms with Crippen LogP contribution in [-0.4, -0.2) is 45.4 Å². The highest BCUT2D eigenvalue weighted by molar-refractivity contribution is 7.09. The van der Waals surface area contributed by atoms with Gasteiger partial charge in [-0.3, -0.25) is 0 Å². The minimum atomic E-state index is 0.277. The lowest BCUT2D eigenvalue weighted by Gasteiger charge is -2.25. The number of fused-ring (bicyclic) bond motifs is 1. The zero-order chi connectivity index (χ0) is 18.4. The lowest BCUT2D eigenvalue weighted by atomic mass is 10.1. The van der Waals surface area contributed by atoms with Gasteiger partial charge in [0.1, 0.15) is 12.4 Å². The van der Waals surface area contributed by atoms with Crippen LogP contribution in [0, 0.1) is 0 Å². The molecule has 0 saturated carbocycles. The second kappa shape index (κ2) is 9.09. The van der Waals surface area contributed by atoms with Crippen molar-refractivity contribution >= 4 is 17.3 Å². The molecule has 0 spiro atoms. The van der Waals surface area contributed by atoms with Crippen LogP contribution in [0.5, 0.6) is 0 Å². The molecule has 0 radical (unpaired) electrons. The molecule has 1 aliphatic heterocycles. The Morgan fingerprint density at radius 1 is 1.42 bits per heavy atom. The Morgan fingerprint density at radius 2 is 2.31 bits per heavy atom. The van der Waals surface area contributed by atoms with Crippen molar-refractivity contribution in [1.82, 2.24) is 30.4 Å². The molecule has 3 rings (SSSR count). The van der Waals surface area contributed by atoms with E-state index in [1.54, 1.807) is 18.4 Å². The smallest absolute Gasteiger partial charge is 0.191 e. The fraction of sp³-hybridized carbons (Fsp3) is 0.647. The highest BCUT2D eigenvalue weighted by Gasteiger charge is 2.22. The van der Waals surface area contributed by atoms with Crippen LogP contribution < -0.4 is 10.6 Å². The second-order valence-corrected chi connectivity index (χ2v) is 7.16. The molecule has 2 aromatic heterocycles. The summed E-state index contributed by atoms with van der Waals surface area (Å²) in [5, 5.41) is 14.6. The average molecular weight is 378 g/mol. The van der Waals surface area contributed by atoms with Crippen molar-refractivity contribution in [3.63, 3.8) is 0 Å². The van der Waals surface area contributed by atoms with E-state index in [0.717, 1.165) is 60.7 Å². The van der Waals surface area contributed by atoms with Gasteiger partial charge in [0.15, 0.2) is 11.8 Å². The summed E-state index contributed by atoms with van der Waals surface area (Å²) in [7, 11) is 1.66. The lowest BCUT2D eigenvalue weighted by molar-refractivity contribution is 0.177. The molecule has 1 aliphatic rings. The number of hydrogen-bond acceptors (Lipinski definition) is 6. The third kappa shape index (κ3) is 4.79. The van der Waals surface area contributed by atoms with E-state index in [-0.39, 0.29) is 6.04 Å². The Bertz CT molecular complexity index is 739. The SMILES string of the molecule is CCNC(=NCc1csc(CC)n1)NC1CCc2nc(COC)nn2C1. The van der Waals surface area contributed by atoms with Crippen LogP contribution in [0.4, 0.5) is 0 Å². The van der Waals surface area contributed by atoms with Gasteiger partial charge in [-0.1, -0.05) is 6.92 Å². The predicted octanol–water partition coefficient (Wildman–Crippen LogP) is 1.51. The molecule has 9 heteroatoms. The van der Waals surface area contributed by atoms with Crippen LogP contribution in [0.1, 0.15) is 42.6 Å². The van der Waals surface area contributed by atoms with Gasteiger partial charge in [0.05, 0.1) is 23.8 Å². The first-order chi connectivity index (χ1) is 12.7. The average Bonchev–Trinajstić information content (AvgIpc) is 3.26. The summed E-state index contributed by atoms with van der Waals surface area (Å²) in [6.07, 6.45) is 2.88. The van der Waals surface area contributed by atoms with Gasteiger partial charge in [-0.15, -0.1) is 11.3 Å². The number of nitrogens with zero attached hydrogens (tertiary/aromatic N) is 5. The standard InChI is InChI=1S/C17H27N7OS/c1-4-16-20-13(11-26-16)8-19-17(18-5-2)21-12-6-7-15-22-14(10-25-3)23-24(15)9-12/h11-12H,4-10H2,1-3H3,(H2,18,19,21). The van der Waals surface area contributed by atoms with Gasteiger partial charge in [-0.25, -0.2) is 19.6 Å². The maximum atomic E-state index is 5.12. The first kappa shape index (κ1) is 18.8. The summed E-state index contributed by atoms with van der Waals surface area (Å²) >= 11 is 1.70. The summed E-state index contributed by atoms with van der Waals surface area (Å²) in [6, 6.07) is 0.277. The first-order valence-corrected chi connectivity index (χ1v) is 9.99.